The standard InChI is InChI=1S/C26H22F2N4O2S2/c1-15(24(33)30-26-31-29-14-35-26)23(17-4-2-5-18(27)12-17)22-9-8-21(36-22)16-6-7-19(20(28)13-16)25(34)32-10-3-11-32/h2,4-9,12-15,23H,3,10-11H2,1H3,(H,30,31,33)/t15-,23-/m1/s1. The highest BCUT2D eigenvalue weighted by Gasteiger charge is 2.30. The van der Waals surface area contributed by atoms with Gasteiger partial charge in [0.1, 0.15) is 17.1 Å². The first-order valence-electron chi connectivity index (χ1n) is 11.4. The van der Waals surface area contributed by atoms with Crippen molar-refractivity contribution in [3.63, 3.8) is 0 Å². The normalized spacial score (nSPS) is 14.7. The van der Waals surface area contributed by atoms with E-state index in [0.29, 0.717) is 29.3 Å². The Kier molecular flexibility index (Phi) is 6.88. The van der Waals surface area contributed by atoms with Crippen molar-refractivity contribution in [3.05, 3.63) is 87.7 Å². The number of amides is 2. The molecule has 0 bridgehead atoms. The number of benzene rings is 2. The summed E-state index contributed by atoms with van der Waals surface area (Å²) in [6.07, 6.45) is 0.938. The number of anilines is 1. The summed E-state index contributed by atoms with van der Waals surface area (Å²) < 4.78 is 29.0. The summed E-state index contributed by atoms with van der Waals surface area (Å²) >= 11 is 2.62. The summed E-state index contributed by atoms with van der Waals surface area (Å²) in [6.45, 7) is 3.09. The maximum Gasteiger partial charge on any atom is 0.256 e. The van der Waals surface area contributed by atoms with Gasteiger partial charge in [0.05, 0.1) is 5.56 Å². The number of aromatic nitrogens is 2. The number of nitrogens with zero attached hydrogens (tertiary/aromatic N) is 3. The number of carbonyl (C=O) groups excluding carboxylic acids is 2. The molecule has 4 aromatic rings. The van der Waals surface area contributed by atoms with E-state index >= 15 is 0 Å². The minimum Gasteiger partial charge on any atom is -0.338 e. The Hall–Kier alpha value is -3.50. The van der Waals surface area contributed by atoms with E-state index in [1.54, 1.807) is 30.0 Å². The van der Waals surface area contributed by atoms with Crippen molar-refractivity contribution in [1.29, 1.82) is 0 Å². The van der Waals surface area contributed by atoms with Crippen molar-refractivity contribution in [2.75, 3.05) is 18.4 Å². The summed E-state index contributed by atoms with van der Waals surface area (Å²) in [5.74, 6) is -2.52. The predicted octanol–water partition coefficient (Wildman–Crippen LogP) is 5.80. The number of likely N-dealkylation sites (tertiary alicyclic amines) is 1. The fraction of sp³-hybridized carbons (Fsp3) is 0.231. The van der Waals surface area contributed by atoms with Gasteiger partial charge in [-0.2, -0.15) is 0 Å². The molecule has 5 rings (SSSR count). The molecule has 1 aliphatic heterocycles. The molecule has 36 heavy (non-hydrogen) atoms. The van der Waals surface area contributed by atoms with Gasteiger partial charge in [-0.15, -0.1) is 21.5 Å². The van der Waals surface area contributed by atoms with Gasteiger partial charge in [0, 0.05) is 34.7 Å². The van der Waals surface area contributed by atoms with Crippen LogP contribution in [0.1, 0.15) is 40.1 Å². The van der Waals surface area contributed by atoms with Gasteiger partial charge < -0.3 is 10.2 Å². The molecule has 10 heteroatoms. The molecule has 184 valence electrons. The van der Waals surface area contributed by atoms with Crippen LogP contribution < -0.4 is 5.32 Å². The smallest absolute Gasteiger partial charge is 0.256 e. The van der Waals surface area contributed by atoms with Crippen LogP contribution in [-0.2, 0) is 4.79 Å². The lowest BCUT2D eigenvalue weighted by molar-refractivity contribution is -0.119. The van der Waals surface area contributed by atoms with Crippen molar-refractivity contribution in [1.82, 2.24) is 15.1 Å². The van der Waals surface area contributed by atoms with Gasteiger partial charge >= 0.3 is 0 Å². The Balaban J connectivity index is 1.45. The second-order valence-corrected chi connectivity index (χ2v) is 10.5. The molecule has 6 nitrogen and oxygen atoms in total. The fourth-order valence-corrected chi connectivity index (χ4v) is 5.89. The molecule has 1 fully saturated rings. The SMILES string of the molecule is C[C@@H](C(=O)Nc1nncs1)[C@H](c1cccc(F)c1)c1ccc(-c2ccc(C(=O)N3CCC3)c(F)c2)s1. The van der Waals surface area contributed by atoms with Gasteiger partial charge in [-0.3, -0.25) is 9.59 Å². The third-order valence-corrected chi connectivity index (χ3v) is 8.10. The lowest BCUT2D eigenvalue weighted by Crippen LogP contribution is -2.42. The number of thiophene rings is 1. The van der Waals surface area contributed by atoms with E-state index < -0.39 is 23.5 Å². The minimum absolute atomic E-state index is 0.0647. The average molecular weight is 525 g/mol. The highest BCUT2D eigenvalue weighted by molar-refractivity contribution is 7.15. The Morgan fingerprint density at radius 3 is 2.58 bits per heavy atom. The van der Waals surface area contributed by atoms with Crippen LogP contribution in [0.5, 0.6) is 0 Å². The number of rotatable bonds is 7. The first-order valence-corrected chi connectivity index (χ1v) is 13.1. The van der Waals surface area contributed by atoms with Crippen LogP contribution in [0.2, 0.25) is 0 Å². The van der Waals surface area contributed by atoms with E-state index in [9.17, 15) is 18.4 Å². The Morgan fingerprint density at radius 2 is 1.92 bits per heavy atom. The largest absolute Gasteiger partial charge is 0.338 e. The highest BCUT2D eigenvalue weighted by Crippen LogP contribution is 2.40. The second kappa shape index (κ2) is 10.2. The molecule has 0 unspecified atom stereocenters. The molecule has 0 radical (unpaired) electrons. The molecule has 3 heterocycles. The number of carbonyl (C=O) groups is 2. The number of hydrogen-bond acceptors (Lipinski definition) is 6. The van der Waals surface area contributed by atoms with Crippen LogP contribution in [0.3, 0.4) is 0 Å². The third kappa shape index (κ3) is 4.91. The Bertz CT molecular complexity index is 1400. The van der Waals surface area contributed by atoms with Crippen LogP contribution in [0.4, 0.5) is 13.9 Å². The molecule has 2 aromatic carbocycles. The highest BCUT2D eigenvalue weighted by atomic mass is 32.1. The van der Waals surface area contributed by atoms with Gasteiger partial charge in [0.15, 0.2) is 0 Å². The lowest BCUT2D eigenvalue weighted by Gasteiger charge is -2.31. The molecule has 2 aromatic heterocycles. The van der Waals surface area contributed by atoms with Crippen LogP contribution in [0, 0.1) is 17.6 Å². The molecular formula is C26H22F2N4O2S2. The van der Waals surface area contributed by atoms with E-state index in [1.165, 1.54) is 52.4 Å². The number of nitrogens with one attached hydrogen (secondary N) is 1. The van der Waals surface area contributed by atoms with Gasteiger partial charge in [-0.25, -0.2) is 8.78 Å². The predicted molar refractivity (Wildman–Crippen MR) is 136 cm³/mol. The molecule has 2 atom stereocenters. The van der Waals surface area contributed by atoms with Crippen LogP contribution in [0.25, 0.3) is 10.4 Å². The molecule has 1 aliphatic rings. The Morgan fingerprint density at radius 1 is 1.08 bits per heavy atom. The van der Waals surface area contributed by atoms with Gasteiger partial charge in [0.2, 0.25) is 11.0 Å². The molecule has 0 saturated carbocycles. The third-order valence-electron chi connectivity index (χ3n) is 6.27. The lowest BCUT2D eigenvalue weighted by atomic mass is 9.85. The summed E-state index contributed by atoms with van der Waals surface area (Å²) in [4.78, 5) is 28.7. The van der Waals surface area contributed by atoms with Crippen molar-refractivity contribution in [2.24, 2.45) is 5.92 Å². The first kappa shape index (κ1) is 24.2. The van der Waals surface area contributed by atoms with E-state index in [1.807, 2.05) is 12.1 Å². The summed E-state index contributed by atoms with van der Waals surface area (Å²) in [5.41, 5.74) is 2.88. The van der Waals surface area contributed by atoms with Crippen LogP contribution in [-0.4, -0.2) is 40.0 Å². The quantitative estimate of drug-likeness (QED) is 0.332. The van der Waals surface area contributed by atoms with E-state index in [4.69, 9.17) is 0 Å². The van der Waals surface area contributed by atoms with E-state index in [0.717, 1.165) is 16.2 Å². The molecule has 0 spiro atoms. The molecule has 2 amide bonds. The van der Waals surface area contributed by atoms with Crippen molar-refractivity contribution < 1.29 is 18.4 Å². The molecule has 1 saturated heterocycles. The van der Waals surface area contributed by atoms with Crippen LogP contribution in [0.15, 0.2) is 60.1 Å². The Labute approximate surface area is 214 Å². The van der Waals surface area contributed by atoms with E-state index in [-0.39, 0.29) is 17.4 Å². The zero-order valence-electron chi connectivity index (χ0n) is 19.3. The van der Waals surface area contributed by atoms with Crippen LogP contribution >= 0.6 is 22.7 Å². The van der Waals surface area contributed by atoms with E-state index in [2.05, 4.69) is 15.5 Å². The maximum absolute atomic E-state index is 14.8. The second-order valence-electron chi connectivity index (χ2n) is 8.60. The first-order chi connectivity index (χ1) is 17.4. The summed E-state index contributed by atoms with van der Waals surface area (Å²) in [7, 11) is 0. The van der Waals surface area contributed by atoms with Gasteiger partial charge in [-0.05, 0) is 53.9 Å². The van der Waals surface area contributed by atoms with Crippen molar-refractivity contribution in [2.45, 2.75) is 19.3 Å². The fourth-order valence-electron chi connectivity index (χ4n) is 4.20. The summed E-state index contributed by atoms with van der Waals surface area (Å²) in [5, 5.41) is 10.8. The summed E-state index contributed by atoms with van der Waals surface area (Å²) in [6, 6.07) is 14.5. The average Bonchev–Trinajstić information content (AvgIpc) is 3.50. The maximum atomic E-state index is 14.8. The molecule has 1 N–H and O–H groups in total. The zero-order chi connectivity index (χ0) is 25.2. The van der Waals surface area contributed by atoms with Gasteiger partial charge in [-0.1, -0.05) is 36.5 Å². The molecule has 0 aliphatic carbocycles. The van der Waals surface area contributed by atoms with Gasteiger partial charge in [0.25, 0.3) is 5.91 Å². The number of halogens is 2. The minimum atomic E-state index is -0.564. The zero-order valence-corrected chi connectivity index (χ0v) is 20.9. The molecular weight excluding hydrogens is 502 g/mol. The van der Waals surface area contributed by atoms with Crippen molar-refractivity contribution >= 4 is 39.6 Å². The van der Waals surface area contributed by atoms with Crippen molar-refractivity contribution in [3.8, 4) is 10.4 Å². The topological polar surface area (TPSA) is 75.2 Å². The number of hydrogen-bond donors (Lipinski definition) is 1. The monoisotopic (exact) mass is 524 g/mol.